The average Bonchev–Trinajstić information content (AvgIpc) is 3.72. The molecule has 37 heavy (non-hydrogen) atoms. The van der Waals surface area contributed by atoms with E-state index in [4.69, 9.17) is 4.74 Å². The van der Waals surface area contributed by atoms with Crippen molar-refractivity contribution in [2.75, 3.05) is 26.2 Å². The third kappa shape index (κ3) is 4.31. The van der Waals surface area contributed by atoms with Crippen LogP contribution in [0.1, 0.15) is 35.1 Å². The molecule has 2 atom stereocenters. The summed E-state index contributed by atoms with van der Waals surface area (Å²) in [4.78, 5) is 0. The molecule has 2 fully saturated rings. The van der Waals surface area contributed by atoms with Gasteiger partial charge in [0.15, 0.2) is 0 Å². The summed E-state index contributed by atoms with van der Waals surface area (Å²) in [5, 5.41) is 7.32. The fourth-order valence-electron chi connectivity index (χ4n) is 6.68. The van der Waals surface area contributed by atoms with Crippen molar-refractivity contribution in [3.05, 3.63) is 144 Å². The van der Waals surface area contributed by atoms with Crippen molar-refractivity contribution in [3.8, 4) is 0 Å². The van der Waals surface area contributed by atoms with Crippen LogP contribution in [-0.2, 0) is 15.9 Å². The van der Waals surface area contributed by atoms with Crippen molar-refractivity contribution in [1.29, 1.82) is 0 Å². The Hall–Kier alpha value is -3.24. The van der Waals surface area contributed by atoms with Gasteiger partial charge < -0.3 is 15.4 Å². The average molecular weight is 489 g/mol. The van der Waals surface area contributed by atoms with Gasteiger partial charge in [0, 0.05) is 24.9 Å². The summed E-state index contributed by atoms with van der Waals surface area (Å²) in [5.74, 6) is 0.580. The molecule has 2 N–H and O–H groups in total. The summed E-state index contributed by atoms with van der Waals surface area (Å²) in [6.45, 7) is 3.85. The van der Waals surface area contributed by atoms with Gasteiger partial charge in [-0.15, -0.1) is 0 Å². The maximum Gasteiger partial charge on any atom is 0.124 e. The molecule has 3 nitrogen and oxygen atoms in total. The zero-order valence-corrected chi connectivity index (χ0v) is 21.4. The molecule has 6 rings (SSSR count). The van der Waals surface area contributed by atoms with Gasteiger partial charge in [-0.05, 0) is 48.2 Å². The molecule has 0 saturated carbocycles. The number of rotatable bonds is 8. The molecule has 0 amide bonds. The molecule has 2 heterocycles. The molecule has 4 aromatic rings. The highest BCUT2D eigenvalue weighted by atomic mass is 16.5. The zero-order valence-electron chi connectivity index (χ0n) is 21.4. The first kappa shape index (κ1) is 24.1. The Morgan fingerprint density at radius 3 is 1.00 bits per heavy atom. The Kier molecular flexibility index (Phi) is 6.93. The third-order valence-electron chi connectivity index (χ3n) is 8.40. The minimum atomic E-state index is -0.625. The van der Waals surface area contributed by atoms with Gasteiger partial charge >= 0.3 is 0 Å². The molecule has 3 heteroatoms. The first-order valence-electron chi connectivity index (χ1n) is 13.7. The van der Waals surface area contributed by atoms with E-state index in [9.17, 15) is 0 Å². The van der Waals surface area contributed by atoms with E-state index in [1.807, 2.05) is 0 Å². The molecule has 2 aliphatic rings. The zero-order chi connectivity index (χ0) is 25.0. The van der Waals surface area contributed by atoms with Gasteiger partial charge in [-0.25, -0.2) is 0 Å². The Morgan fingerprint density at radius 2 is 0.757 bits per heavy atom. The standard InChI is InChI=1S/C34H36N2O/c1-5-13-27(14-6-1)33(31-21-23-35-25-31,28-15-7-2-8-16-28)37-34(32-22-24-36-26-32,29-17-9-3-10-18-29)30-19-11-4-12-20-30/h1-20,31-32,35-36H,21-26H2. The maximum absolute atomic E-state index is 8.06. The van der Waals surface area contributed by atoms with Crippen molar-refractivity contribution in [2.45, 2.75) is 24.0 Å². The van der Waals surface area contributed by atoms with Crippen LogP contribution >= 0.6 is 0 Å². The topological polar surface area (TPSA) is 33.3 Å². The van der Waals surface area contributed by atoms with Crippen molar-refractivity contribution < 1.29 is 4.74 Å². The molecule has 0 aliphatic carbocycles. The number of hydrogen-bond donors (Lipinski definition) is 2. The van der Waals surface area contributed by atoms with Crippen molar-refractivity contribution >= 4 is 0 Å². The molecule has 2 unspecified atom stereocenters. The van der Waals surface area contributed by atoms with E-state index in [1.54, 1.807) is 0 Å². The highest BCUT2D eigenvalue weighted by Gasteiger charge is 2.54. The Bertz CT molecular complexity index is 1070. The highest BCUT2D eigenvalue weighted by Crippen LogP contribution is 2.53. The molecular formula is C34H36N2O. The van der Waals surface area contributed by atoms with Crippen LogP contribution in [0.3, 0.4) is 0 Å². The molecule has 0 aromatic heterocycles. The summed E-state index contributed by atoms with van der Waals surface area (Å²) >= 11 is 0. The first-order chi connectivity index (χ1) is 18.3. The Labute approximate surface area is 220 Å². The largest absolute Gasteiger partial charge is 0.349 e. The van der Waals surface area contributed by atoms with Crippen LogP contribution in [0.2, 0.25) is 0 Å². The number of nitrogens with one attached hydrogen (secondary N) is 2. The van der Waals surface area contributed by atoms with E-state index in [0.29, 0.717) is 11.8 Å². The van der Waals surface area contributed by atoms with Crippen molar-refractivity contribution in [1.82, 2.24) is 10.6 Å². The van der Waals surface area contributed by atoms with Crippen LogP contribution in [0.5, 0.6) is 0 Å². The number of hydrogen-bond acceptors (Lipinski definition) is 3. The van der Waals surface area contributed by atoms with E-state index in [-0.39, 0.29) is 0 Å². The van der Waals surface area contributed by atoms with Gasteiger partial charge in [-0.1, -0.05) is 121 Å². The second-order valence-corrected chi connectivity index (χ2v) is 10.4. The normalized spacial score (nSPS) is 20.2. The van der Waals surface area contributed by atoms with Gasteiger partial charge in [0.1, 0.15) is 11.2 Å². The van der Waals surface area contributed by atoms with Crippen molar-refractivity contribution in [2.24, 2.45) is 11.8 Å². The van der Waals surface area contributed by atoms with E-state index >= 15 is 0 Å². The lowest BCUT2D eigenvalue weighted by atomic mass is 9.70. The van der Waals surface area contributed by atoms with Crippen molar-refractivity contribution in [3.63, 3.8) is 0 Å². The highest BCUT2D eigenvalue weighted by molar-refractivity contribution is 5.43. The van der Waals surface area contributed by atoms with E-state index in [0.717, 1.165) is 39.0 Å². The van der Waals surface area contributed by atoms with Gasteiger partial charge in [-0.3, -0.25) is 0 Å². The third-order valence-corrected chi connectivity index (χ3v) is 8.40. The quantitative estimate of drug-likeness (QED) is 0.314. The molecule has 0 bridgehead atoms. The molecular weight excluding hydrogens is 452 g/mol. The van der Waals surface area contributed by atoms with Gasteiger partial charge in [0.05, 0.1) is 0 Å². The predicted molar refractivity (Wildman–Crippen MR) is 150 cm³/mol. The minimum Gasteiger partial charge on any atom is -0.349 e. The van der Waals surface area contributed by atoms with Gasteiger partial charge in [0.25, 0.3) is 0 Å². The summed E-state index contributed by atoms with van der Waals surface area (Å²) in [6, 6.07) is 43.8. The molecule has 0 spiro atoms. The van der Waals surface area contributed by atoms with E-state index in [1.165, 1.54) is 22.3 Å². The Balaban J connectivity index is 1.66. The Morgan fingerprint density at radius 1 is 0.459 bits per heavy atom. The molecule has 2 aliphatic heterocycles. The summed E-state index contributed by atoms with van der Waals surface area (Å²) in [5.41, 5.74) is 3.63. The van der Waals surface area contributed by atoms with Gasteiger partial charge in [-0.2, -0.15) is 0 Å². The molecule has 0 radical (unpaired) electrons. The molecule has 188 valence electrons. The maximum atomic E-state index is 8.06. The summed E-state index contributed by atoms with van der Waals surface area (Å²) in [7, 11) is 0. The predicted octanol–water partition coefficient (Wildman–Crippen LogP) is 6.11. The second-order valence-electron chi connectivity index (χ2n) is 10.4. The number of ether oxygens (including phenoxy) is 1. The van der Waals surface area contributed by atoms with Crippen LogP contribution in [0.15, 0.2) is 121 Å². The summed E-state index contributed by atoms with van der Waals surface area (Å²) in [6.07, 6.45) is 2.12. The lowest BCUT2D eigenvalue weighted by molar-refractivity contribution is -0.173. The second kappa shape index (κ2) is 10.6. The van der Waals surface area contributed by atoms with E-state index < -0.39 is 11.2 Å². The summed E-state index contributed by atoms with van der Waals surface area (Å²) < 4.78 is 8.06. The fraction of sp³-hybridized carbons (Fsp3) is 0.294. The SMILES string of the molecule is c1ccc(C(OC(c2ccccc2)(c2ccccc2)C2CCNC2)(c2ccccc2)C2CCNC2)cc1. The lowest BCUT2D eigenvalue weighted by Crippen LogP contribution is -2.51. The molecule has 2 saturated heterocycles. The van der Waals surface area contributed by atoms with E-state index in [2.05, 4.69) is 132 Å². The van der Waals surface area contributed by atoms with Crippen LogP contribution in [0.25, 0.3) is 0 Å². The van der Waals surface area contributed by atoms with Crippen LogP contribution < -0.4 is 10.6 Å². The fourth-order valence-corrected chi connectivity index (χ4v) is 6.68. The first-order valence-corrected chi connectivity index (χ1v) is 13.7. The minimum absolute atomic E-state index is 0.290. The van der Waals surface area contributed by atoms with Crippen LogP contribution in [0.4, 0.5) is 0 Å². The van der Waals surface area contributed by atoms with Gasteiger partial charge in [0.2, 0.25) is 0 Å². The van der Waals surface area contributed by atoms with Crippen LogP contribution in [0, 0.1) is 11.8 Å². The molecule has 4 aromatic carbocycles. The number of benzene rings is 4. The monoisotopic (exact) mass is 488 g/mol. The van der Waals surface area contributed by atoms with Crippen LogP contribution in [-0.4, -0.2) is 26.2 Å². The lowest BCUT2D eigenvalue weighted by Gasteiger charge is -2.50. The smallest absolute Gasteiger partial charge is 0.124 e.